The molecule has 84 valence electrons. The van der Waals surface area contributed by atoms with E-state index >= 15 is 0 Å². The first-order chi connectivity index (χ1) is 7.09. The second-order valence-electron chi connectivity index (χ2n) is 3.94. The molecule has 0 aromatic heterocycles. The Hall–Kier alpha value is 0.01000. The summed E-state index contributed by atoms with van der Waals surface area (Å²) in [5.74, 6) is 1.03. The van der Waals surface area contributed by atoms with Crippen LogP contribution in [0.4, 0.5) is 0 Å². The van der Waals surface area contributed by atoms with Gasteiger partial charge in [0.2, 0.25) is 0 Å². The molecule has 0 spiro atoms. The topological polar surface area (TPSA) is 26.0 Å². The van der Waals surface area contributed by atoms with Crippen LogP contribution in [0.3, 0.4) is 0 Å². The highest BCUT2D eigenvalue weighted by atomic mass is 79.9. The number of hydrogen-bond acceptors (Lipinski definition) is 2. The molecule has 1 atom stereocenters. The molecule has 0 bridgehead atoms. The molecule has 1 aromatic rings. The second-order valence-corrected chi connectivity index (χ2v) is 6.40. The van der Waals surface area contributed by atoms with E-state index in [2.05, 4.69) is 48.0 Å². The summed E-state index contributed by atoms with van der Waals surface area (Å²) in [5.41, 5.74) is 7.38. The lowest BCUT2D eigenvalue weighted by Crippen LogP contribution is -2.26. The van der Waals surface area contributed by atoms with Gasteiger partial charge in [-0.1, -0.05) is 48.0 Å². The van der Waals surface area contributed by atoms with Crippen LogP contribution in [0.15, 0.2) is 28.7 Å². The molecule has 15 heavy (non-hydrogen) atoms. The summed E-state index contributed by atoms with van der Waals surface area (Å²) in [5, 5.41) is 0.662. The predicted molar refractivity (Wildman–Crippen MR) is 73.4 cm³/mol. The van der Waals surface area contributed by atoms with E-state index in [1.165, 1.54) is 5.56 Å². The maximum atomic E-state index is 6.08. The van der Waals surface area contributed by atoms with Crippen molar-refractivity contribution in [1.82, 2.24) is 0 Å². The Kier molecular flexibility index (Phi) is 5.72. The van der Waals surface area contributed by atoms with Gasteiger partial charge in [0, 0.05) is 16.3 Å². The van der Waals surface area contributed by atoms with Gasteiger partial charge in [0.25, 0.3) is 0 Å². The average molecular weight is 288 g/mol. The van der Waals surface area contributed by atoms with Crippen LogP contribution in [0.25, 0.3) is 0 Å². The number of hydrogen-bond donors (Lipinski definition) is 1. The van der Waals surface area contributed by atoms with E-state index in [0.29, 0.717) is 5.25 Å². The smallest absolute Gasteiger partial charge is 0.0207 e. The first-order valence-corrected chi connectivity index (χ1v) is 7.04. The van der Waals surface area contributed by atoms with E-state index in [-0.39, 0.29) is 6.04 Å². The van der Waals surface area contributed by atoms with Gasteiger partial charge in [-0.2, -0.15) is 11.8 Å². The van der Waals surface area contributed by atoms with Crippen molar-refractivity contribution >= 4 is 27.7 Å². The van der Waals surface area contributed by atoms with Crippen LogP contribution in [-0.4, -0.2) is 17.0 Å². The van der Waals surface area contributed by atoms with Crippen LogP contribution in [0.2, 0.25) is 0 Å². The molecule has 0 aliphatic carbocycles. The van der Waals surface area contributed by atoms with Crippen molar-refractivity contribution in [2.75, 3.05) is 5.75 Å². The monoisotopic (exact) mass is 287 g/mol. The Morgan fingerprint density at radius 1 is 1.33 bits per heavy atom. The fraction of sp³-hybridized carbons (Fsp3) is 0.500. The summed E-state index contributed by atoms with van der Waals surface area (Å²) in [6, 6.07) is 8.53. The van der Waals surface area contributed by atoms with E-state index in [9.17, 15) is 0 Å². The Bertz CT molecular complexity index is 301. The minimum absolute atomic E-state index is 0.246. The number of rotatable bonds is 5. The van der Waals surface area contributed by atoms with Crippen LogP contribution in [0, 0.1) is 0 Å². The Morgan fingerprint density at radius 2 is 2.00 bits per heavy atom. The molecular weight excluding hydrogens is 270 g/mol. The van der Waals surface area contributed by atoms with Crippen molar-refractivity contribution in [2.45, 2.75) is 31.6 Å². The van der Waals surface area contributed by atoms with Crippen molar-refractivity contribution in [3.63, 3.8) is 0 Å². The van der Waals surface area contributed by atoms with Gasteiger partial charge in [-0.25, -0.2) is 0 Å². The first-order valence-electron chi connectivity index (χ1n) is 5.20. The maximum absolute atomic E-state index is 6.08. The summed E-state index contributed by atoms with van der Waals surface area (Å²) in [6.07, 6.45) is 0.946. The van der Waals surface area contributed by atoms with E-state index in [4.69, 9.17) is 5.73 Å². The Morgan fingerprint density at radius 3 is 2.60 bits per heavy atom. The molecule has 0 heterocycles. The zero-order chi connectivity index (χ0) is 11.3. The van der Waals surface area contributed by atoms with Gasteiger partial charge in [0.15, 0.2) is 0 Å². The van der Waals surface area contributed by atoms with Crippen LogP contribution in [-0.2, 0) is 6.42 Å². The fourth-order valence-electron chi connectivity index (χ4n) is 1.32. The van der Waals surface area contributed by atoms with Gasteiger partial charge >= 0.3 is 0 Å². The van der Waals surface area contributed by atoms with E-state index in [0.717, 1.165) is 16.6 Å². The van der Waals surface area contributed by atoms with Crippen LogP contribution < -0.4 is 5.73 Å². The third kappa shape index (κ3) is 5.05. The van der Waals surface area contributed by atoms with Crippen LogP contribution in [0.5, 0.6) is 0 Å². The molecular formula is C12H18BrNS. The molecule has 1 unspecified atom stereocenters. The Balaban J connectivity index is 2.44. The number of halogens is 1. The molecule has 0 amide bonds. The highest BCUT2D eigenvalue weighted by Gasteiger charge is 2.07. The molecule has 0 aliphatic rings. The standard InChI is InChI=1S/C12H18BrNS/c1-9(2)15-8-11(14)7-10-5-3-4-6-12(10)13/h3-6,9,11H,7-8,14H2,1-2H3. The summed E-state index contributed by atoms with van der Waals surface area (Å²) in [6.45, 7) is 4.41. The molecule has 1 aromatic carbocycles. The molecule has 0 fully saturated rings. The number of thioether (sulfide) groups is 1. The third-order valence-corrected chi connectivity index (χ3v) is 4.14. The molecule has 0 radical (unpaired) electrons. The number of benzene rings is 1. The molecule has 1 rings (SSSR count). The lowest BCUT2D eigenvalue weighted by Gasteiger charge is -2.13. The van der Waals surface area contributed by atoms with Crippen molar-refractivity contribution in [1.29, 1.82) is 0 Å². The summed E-state index contributed by atoms with van der Waals surface area (Å²) in [4.78, 5) is 0. The maximum Gasteiger partial charge on any atom is 0.0207 e. The van der Waals surface area contributed by atoms with Crippen LogP contribution >= 0.6 is 27.7 Å². The van der Waals surface area contributed by atoms with Crippen molar-refractivity contribution in [3.8, 4) is 0 Å². The Labute approximate surface area is 105 Å². The lowest BCUT2D eigenvalue weighted by atomic mass is 10.1. The zero-order valence-electron chi connectivity index (χ0n) is 9.24. The second kappa shape index (κ2) is 6.56. The average Bonchev–Trinajstić information content (AvgIpc) is 2.18. The third-order valence-electron chi connectivity index (χ3n) is 2.08. The summed E-state index contributed by atoms with van der Waals surface area (Å²) >= 11 is 5.47. The van der Waals surface area contributed by atoms with Gasteiger partial charge < -0.3 is 5.73 Å². The highest BCUT2D eigenvalue weighted by molar-refractivity contribution is 9.10. The summed E-state index contributed by atoms with van der Waals surface area (Å²) < 4.78 is 1.16. The zero-order valence-corrected chi connectivity index (χ0v) is 11.6. The van der Waals surface area contributed by atoms with Crippen molar-refractivity contribution in [2.24, 2.45) is 5.73 Å². The van der Waals surface area contributed by atoms with Gasteiger partial charge in [0.1, 0.15) is 0 Å². The molecule has 0 aliphatic heterocycles. The molecule has 0 saturated carbocycles. The normalized spacial score (nSPS) is 13.1. The van der Waals surface area contributed by atoms with Crippen molar-refractivity contribution < 1.29 is 0 Å². The van der Waals surface area contributed by atoms with Gasteiger partial charge in [-0.15, -0.1) is 0 Å². The lowest BCUT2D eigenvalue weighted by molar-refractivity contribution is 0.745. The van der Waals surface area contributed by atoms with Crippen LogP contribution in [0.1, 0.15) is 19.4 Å². The fourth-order valence-corrected chi connectivity index (χ4v) is 2.52. The SMILES string of the molecule is CC(C)SCC(N)Cc1ccccc1Br. The van der Waals surface area contributed by atoms with Gasteiger partial charge in [-0.3, -0.25) is 0 Å². The van der Waals surface area contributed by atoms with E-state index in [1.807, 2.05) is 17.8 Å². The molecule has 0 saturated heterocycles. The van der Waals surface area contributed by atoms with E-state index in [1.54, 1.807) is 0 Å². The van der Waals surface area contributed by atoms with Crippen molar-refractivity contribution in [3.05, 3.63) is 34.3 Å². The number of nitrogens with two attached hydrogens (primary N) is 1. The first kappa shape index (κ1) is 13.1. The largest absolute Gasteiger partial charge is 0.327 e. The van der Waals surface area contributed by atoms with Gasteiger partial charge in [-0.05, 0) is 23.3 Å². The molecule has 3 heteroatoms. The predicted octanol–water partition coefficient (Wildman–Crippen LogP) is 3.46. The molecule has 2 N–H and O–H groups in total. The van der Waals surface area contributed by atoms with Gasteiger partial charge in [0.05, 0.1) is 0 Å². The quantitative estimate of drug-likeness (QED) is 0.898. The minimum atomic E-state index is 0.246. The highest BCUT2D eigenvalue weighted by Crippen LogP contribution is 2.19. The minimum Gasteiger partial charge on any atom is -0.327 e. The molecule has 1 nitrogen and oxygen atoms in total. The van der Waals surface area contributed by atoms with E-state index < -0.39 is 0 Å². The summed E-state index contributed by atoms with van der Waals surface area (Å²) in [7, 11) is 0.